The number of benzene rings is 1. The van der Waals surface area contributed by atoms with Crippen LogP contribution in [0.1, 0.15) is 25.0 Å². The third-order valence-electron chi connectivity index (χ3n) is 2.26. The van der Waals surface area contributed by atoms with Crippen LogP contribution in [0.15, 0.2) is 18.2 Å². The first-order valence-corrected chi connectivity index (χ1v) is 4.99. The topological polar surface area (TPSA) is 35.2 Å². The summed E-state index contributed by atoms with van der Waals surface area (Å²) < 4.78 is 5.71. The van der Waals surface area contributed by atoms with Crippen LogP contribution in [0.5, 0.6) is 5.75 Å². The number of rotatable bonds is 3. The molecule has 0 radical (unpaired) electrons. The van der Waals surface area contributed by atoms with E-state index >= 15 is 0 Å². The van der Waals surface area contributed by atoms with Crippen molar-refractivity contribution in [3.63, 3.8) is 0 Å². The quantitative estimate of drug-likeness (QED) is 0.800. The zero-order chi connectivity index (χ0) is 10.7. The molecule has 1 unspecified atom stereocenters. The Bertz CT molecular complexity index is 287. The summed E-state index contributed by atoms with van der Waals surface area (Å²) in [5.74, 6) is 0.910. The summed E-state index contributed by atoms with van der Waals surface area (Å²) in [6, 6.07) is 6.25. The van der Waals surface area contributed by atoms with Crippen molar-refractivity contribution in [1.29, 1.82) is 0 Å². The number of aryl methyl sites for hydroxylation is 2. The molecule has 0 aliphatic rings. The Balaban J connectivity index is 2.76. The van der Waals surface area contributed by atoms with Gasteiger partial charge in [-0.05, 0) is 51.0 Å². The van der Waals surface area contributed by atoms with Gasteiger partial charge in [-0.25, -0.2) is 0 Å². The molecule has 0 saturated heterocycles. The van der Waals surface area contributed by atoms with E-state index in [1.54, 1.807) is 0 Å². The van der Waals surface area contributed by atoms with E-state index in [0.717, 1.165) is 5.75 Å². The van der Waals surface area contributed by atoms with Gasteiger partial charge in [0.15, 0.2) is 0 Å². The van der Waals surface area contributed by atoms with E-state index in [2.05, 4.69) is 19.9 Å². The van der Waals surface area contributed by atoms with Crippen LogP contribution in [0.2, 0.25) is 0 Å². The average molecular weight is 193 g/mol. The summed E-state index contributed by atoms with van der Waals surface area (Å²) >= 11 is 0. The van der Waals surface area contributed by atoms with Gasteiger partial charge in [-0.1, -0.05) is 6.07 Å². The van der Waals surface area contributed by atoms with E-state index in [-0.39, 0.29) is 12.1 Å². The average Bonchev–Trinajstić information content (AvgIpc) is 2.01. The predicted octanol–water partition coefficient (Wildman–Crippen LogP) is 2.42. The Morgan fingerprint density at radius 1 is 1.07 bits per heavy atom. The molecule has 0 saturated carbocycles. The standard InChI is InChI=1S/C12H19NO/c1-8-5-9(2)7-12(6-8)14-11(4)10(3)13/h5-7,10-11H,13H2,1-4H3/t10-,11?/m0/s1. The minimum atomic E-state index is 0.0517. The van der Waals surface area contributed by atoms with Gasteiger partial charge >= 0.3 is 0 Å². The Kier molecular flexibility index (Phi) is 3.53. The van der Waals surface area contributed by atoms with Crippen LogP contribution < -0.4 is 10.5 Å². The van der Waals surface area contributed by atoms with Crippen LogP contribution in [0, 0.1) is 13.8 Å². The van der Waals surface area contributed by atoms with Crippen molar-refractivity contribution in [2.45, 2.75) is 39.8 Å². The monoisotopic (exact) mass is 193 g/mol. The molecule has 14 heavy (non-hydrogen) atoms. The first-order chi connectivity index (χ1) is 6.49. The first kappa shape index (κ1) is 11.1. The van der Waals surface area contributed by atoms with Gasteiger partial charge in [-0.2, -0.15) is 0 Å². The first-order valence-electron chi connectivity index (χ1n) is 4.99. The van der Waals surface area contributed by atoms with Crippen molar-refractivity contribution < 1.29 is 4.74 Å². The molecule has 0 aromatic heterocycles. The van der Waals surface area contributed by atoms with E-state index in [9.17, 15) is 0 Å². The molecule has 0 heterocycles. The van der Waals surface area contributed by atoms with Crippen molar-refractivity contribution in [3.8, 4) is 5.75 Å². The summed E-state index contributed by atoms with van der Waals surface area (Å²) in [5, 5.41) is 0. The fourth-order valence-corrected chi connectivity index (χ4v) is 1.32. The van der Waals surface area contributed by atoms with Gasteiger partial charge < -0.3 is 10.5 Å². The van der Waals surface area contributed by atoms with Gasteiger partial charge in [0.1, 0.15) is 11.9 Å². The molecule has 0 fully saturated rings. The Labute approximate surface area is 86.1 Å². The SMILES string of the molecule is Cc1cc(C)cc(OC(C)[C@H](C)N)c1. The van der Waals surface area contributed by atoms with E-state index in [0.29, 0.717) is 0 Å². The highest BCUT2D eigenvalue weighted by atomic mass is 16.5. The minimum Gasteiger partial charge on any atom is -0.489 e. The molecule has 1 aromatic carbocycles. The Morgan fingerprint density at radius 3 is 2.00 bits per heavy atom. The highest BCUT2D eigenvalue weighted by molar-refractivity contribution is 5.33. The van der Waals surface area contributed by atoms with E-state index in [1.807, 2.05) is 26.0 Å². The molecule has 0 bridgehead atoms. The number of nitrogens with two attached hydrogens (primary N) is 1. The van der Waals surface area contributed by atoms with Crippen LogP contribution >= 0.6 is 0 Å². The molecular weight excluding hydrogens is 174 g/mol. The lowest BCUT2D eigenvalue weighted by Crippen LogP contribution is -2.33. The predicted molar refractivity (Wildman–Crippen MR) is 59.7 cm³/mol. The summed E-state index contributed by atoms with van der Waals surface area (Å²) in [6.07, 6.45) is 0.0520. The zero-order valence-electron chi connectivity index (χ0n) is 9.37. The number of ether oxygens (including phenoxy) is 1. The molecule has 2 atom stereocenters. The highest BCUT2D eigenvalue weighted by Crippen LogP contribution is 2.17. The summed E-state index contributed by atoms with van der Waals surface area (Å²) in [4.78, 5) is 0. The van der Waals surface area contributed by atoms with Gasteiger partial charge in [0.25, 0.3) is 0 Å². The largest absolute Gasteiger partial charge is 0.489 e. The maximum absolute atomic E-state index is 5.73. The lowest BCUT2D eigenvalue weighted by Gasteiger charge is -2.18. The lowest BCUT2D eigenvalue weighted by atomic mass is 10.1. The van der Waals surface area contributed by atoms with Crippen LogP contribution in [0.4, 0.5) is 0 Å². The normalized spacial score (nSPS) is 14.9. The molecule has 1 rings (SSSR count). The minimum absolute atomic E-state index is 0.0517. The van der Waals surface area contributed by atoms with Crippen LogP contribution in [0.3, 0.4) is 0 Å². The van der Waals surface area contributed by atoms with Crippen molar-refractivity contribution in [1.82, 2.24) is 0 Å². The Hall–Kier alpha value is -1.02. The maximum Gasteiger partial charge on any atom is 0.120 e. The molecule has 78 valence electrons. The second-order valence-electron chi connectivity index (χ2n) is 4.01. The molecule has 0 amide bonds. The third-order valence-corrected chi connectivity index (χ3v) is 2.26. The fourth-order valence-electron chi connectivity index (χ4n) is 1.32. The van der Waals surface area contributed by atoms with Gasteiger partial charge in [0.2, 0.25) is 0 Å². The van der Waals surface area contributed by atoms with Crippen molar-refractivity contribution in [2.24, 2.45) is 5.73 Å². The van der Waals surface area contributed by atoms with E-state index in [1.165, 1.54) is 11.1 Å². The summed E-state index contributed by atoms with van der Waals surface area (Å²) in [5.41, 5.74) is 8.17. The Morgan fingerprint density at radius 2 is 1.57 bits per heavy atom. The lowest BCUT2D eigenvalue weighted by molar-refractivity contribution is 0.196. The number of hydrogen-bond acceptors (Lipinski definition) is 2. The van der Waals surface area contributed by atoms with Crippen LogP contribution in [-0.2, 0) is 0 Å². The summed E-state index contributed by atoms with van der Waals surface area (Å²) in [7, 11) is 0. The second kappa shape index (κ2) is 4.47. The van der Waals surface area contributed by atoms with Gasteiger partial charge in [0, 0.05) is 6.04 Å². The van der Waals surface area contributed by atoms with Gasteiger partial charge in [0.05, 0.1) is 0 Å². The van der Waals surface area contributed by atoms with Crippen molar-refractivity contribution in [2.75, 3.05) is 0 Å². The smallest absolute Gasteiger partial charge is 0.120 e. The van der Waals surface area contributed by atoms with Crippen LogP contribution in [0.25, 0.3) is 0 Å². The molecular formula is C12H19NO. The molecule has 2 heteroatoms. The van der Waals surface area contributed by atoms with Gasteiger partial charge in [-0.3, -0.25) is 0 Å². The maximum atomic E-state index is 5.73. The summed E-state index contributed by atoms with van der Waals surface area (Å²) in [6.45, 7) is 8.07. The third kappa shape index (κ3) is 3.04. The molecule has 0 aliphatic heterocycles. The fraction of sp³-hybridized carbons (Fsp3) is 0.500. The van der Waals surface area contributed by atoms with Crippen LogP contribution in [-0.4, -0.2) is 12.1 Å². The molecule has 0 spiro atoms. The van der Waals surface area contributed by atoms with Crippen molar-refractivity contribution >= 4 is 0 Å². The molecule has 2 N–H and O–H groups in total. The molecule has 0 aliphatic carbocycles. The zero-order valence-corrected chi connectivity index (χ0v) is 9.37. The molecule has 2 nitrogen and oxygen atoms in total. The van der Waals surface area contributed by atoms with E-state index in [4.69, 9.17) is 10.5 Å². The highest BCUT2D eigenvalue weighted by Gasteiger charge is 2.09. The number of hydrogen-bond donors (Lipinski definition) is 1. The van der Waals surface area contributed by atoms with Gasteiger partial charge in [-0.15, -0.1) is 0 Å². The van der Waals surface area contributed by atoms with Crippen molar-refractivity contribution in [3.05, 3.63) is 29.3 Å². The molecule has 1 aromatic rings. The second-order valence-corrected chi connectivity index (χ2v) is 4.01. The van der Waals surface area contributed by atoms with E-state index < -0.39 is 0 Å².